The maximum absolute atomic E-state index is 17.4. The lowest BCUT2D eigenvalue weighted by Crippen LogP contribution is -2.51. The Labute approximate surface area is 273 Å². The zero-order valence-corrected chi connectivity index (χ0v) is 26.6. The van der Waals surface area contributed by atoms with Gasteiger partial charge in [-0.3, -0.25) is 4.68 Å². The zero-order chi connectivity index (χ0) is 33.7. The number of fused-ring (bicyclic) bond motifs is 6. The van der Waals surface area contributed by atoms with E-state index < -0.39 is 23.0 Å². The van der Waals surface area contributed by atoms with E-state index >= 15 is 8.78 Å². The Balaban J connectivity index is 1.39. The first kappa shape index (κ1) is 30.7. The number of benzene rings is 3. The smallest absolute Gasteiger partial charge is 0.319 e. The van der Waals surface area contributed by atoms with Crippen molar-refractivity contribution < 1.29 is 27.4 Å². The quantitative estimate of drug-likeness (QED) is 0.182. The monoisotopic (exact) mass is 659 g/mol. The molecule has 2 N–H and O–H groups in total. The van der Waals surface area contributed by atoms with Crippen molar-refractivity contribution in [3.05, 3.63) is 47.7 Å². The Morgan fingerprint density at radius 1 is 1.10 bits per heavy atom. The highest BCUT2D eigenvalue weighted by atomic mass is 19.3. The molecule has 0 spiro atoms. The molecule has 1 aliphatic carbocycles. The molecule has 1 saturated carbocycles. The first-order valence-electron chi connectivity index (χ1n) is 15.8. The number of terminal acetylenes is 1. The normalized spacial score (nSPS) is 23.0. The van der Waals surface area contributed by atoms with E-state index in [2.05, 4.69) is 26.2 Å². The van der Waals surface area contributed by atoms with Crippen LogP contribution in [0, 0.1) is 29.4 Å². The lowest BCUT2D eigenvalue weighted by Gasteiger charge is -2.34. The zero-order valence-electron chi connectivity index (χ0n) is 26.6. The van der Waals surface area contributed by atoms with Gasteiger partial charge in [-0.1, -0.05) is 12.0 Å². The summed E-state index contributed by atoms with van der Waals surface area (Å²) in [5.41, 5.74) is -1.31. The van der Waals surface area contributed by atoms with Crippen molar-refractivity contribution in [1.82, 2.24) is 30.0 Å². The fourth-order valence-electron chi connectivity index (χ4n) is 7.75. The number of phenolic OH excluding ortho intramolecular Hbond substituents is 1. The molecule has 4 heterocycles. The molecule has 2 bridgehead atoms. The molecule has 9 nitrogen and oxygen atoms in total. The second kappa shape index (κ2) is 10.7. The van der Waals surface area contributed by atoms with Gasteiger partial charge in [0.1, 0.15) is 35.0 Å². The summed E-state index contributed by atoms with van der Waals surface area (Å²) in [6.07, 6.45) is 9.10. The highest BCUT2D eigenvalue weighted by Crippen LogP contribution is 2.60. The van der Waals surface area contributed by atoms with Crippen LogP contribution in [0.25, 0.3) is 43.7 Å². The van der Waals surface area contributed by atoms with E-state index in [1.807, 2.05) is 0 Å². The minimum absolute atomic E-state index is 0.0464. The number of phenols is 1. The van der Waals surface area contributed by atoms with Gasteiger partial charge in [-0.15, -0.1) is 6.42 Å². The highest BCUT2D eigenvalue weighted by molar-refractivity contribution is 6.18. The Morgan fingerprint density at radius 2 is 1.83 bits per heavy atom. The number of hydrogen-bond donors (Lipinski definition) is 2. The van der Waals surface area contributed by atoms with E-state index in [0.717, 1.165) is 12.8 Å². The number of aryl methyl sites for hydroxylation is 1. The van der Waals surface area contributed by atoms with Crippen molar-refractivity contribution >= 4 is 38.4 Å². The molecule has 0 radical (unpaired) electrons. The second-order valence-electron chi connectivity index (χ2n) is 13.7. The van der Waals surface area contributed by atoms with Crippen molar-refractivity contribution in [2.24, 2.45) is 12.5 Å². The fourth-order valence-corrected chi connectivity index (χ4v) is 7.75. The number of halogens is 4. The van der Waals surface area contributed by atoms with Crippen molar-refractivity contribution in [1.29, 1.82) is 0 Å². The first-order valence-corrected chi connectivity index (χ1v) is 15.8. The molecule has 3 aromatic carbocycles. The van der Waals surface area contributed by atoms with Crippen LogP contribution >= 0.6 is 0 Å². The van der Waals surface area contributed by atoms with Crippen LogP contribution in [0.4, 0.5) is 23.4 Å². The average Bonchev–Trinajstić information content (AvgIpc) is 3.26. The number of alkyl halides is 2. The lowest BCUT2D eigenvalue weighted by atomic mass is 9.91. The maximum atomic E-state index is 17.4. The average molecular weight is 660 g/mol. The topological polar surface area (TPSA) is 91.6 Å². The van der Waals surface area contributed by atoms with Crippen molar-refractivity contribution in [3.8, 4) is 35.2 Å². The first-order chi connectivity index (χ1) is 22.9. The van der Waals surface area contributed by atoms with E-state index in [1.54, 1.807) is 32.2 Å². The summed E-state index contributed by atoms with van der Waals surface area (Å²) in [6, 6.07) is 5.60. The molecule has 3 fully saturated rings. The van der Waals surface area contributed by atoms with Crippen LogP contribution in [0.15, 0.2) is 30.5 Å². The number of aromatic hydroxyl groups is 1. The number of nitrogens with zero attached hydrogens (tertiary/aromatic N) is 6. The van der Waals surface area contributed by atoms with Gasteiger partial charge in [0.15, 0.2) is 5.82 Å². The Morgan fingerprint density at radius 3 is 2.50 bits per heavy atom. The largest absolute Gasteiger partial charge is 0.508 e. The third-order valence-corrected chi connectivity index (χ3v) is 9.92. The SMILES string of the molecule is C#Cc1c(F)ccc2cc(O)cc(-c3c(F)c4nc(OC[C@]5(CN(C)C)CC5(F)F)nc(N5C[C@H]6CC[C@@H](C5)N6)c4c4cn(C)nc34)c12. The Bertz CT molecular complexity index is 2180. The molecule has 13 heteroatoms. The van der Waals surface area contributed by atoms with E-state index in [9.17, 15) is 13.9 Å². The van der Waals surface area contributed by atoms with Gasteiger partial charge in [0.25, 0.3) is 5.92 Å². The molecule has 248 valence electrons. The van der Waals surface area contributed by atoms with Crippen molar-refractivity contribution in [3.63, 3.8) is 0 Å². The summed E-state index contributed by atoms with van der Waals surface area (Å²) >= 11 is 0. The van der Waals surface area contributed by atoms with Crippen LogP contribution in [-0.2, 0) is 7.05 Å². The predicted molar refractivity (Wildman–Crippen MR) is 174 cm³/mol. The summed E-state index contributed by atoms with van der Waals surface area (Å²) in [5.74, 6) is -1.80. The summed E-state index contributed by atoms with van der Waals surface area (Å²) < 4.78 is 69.3. The number of aromatic nitrogens is 4. The van der Waals surface area contributed by atoms with Crippen LogP contribution in [0.3, 0.4) is 0 Å². The molecule has 5 aromatic rings. The van der Waals surface area contributed by atoms with Crippen LogP contribution in [0.2, 0.25) is 0 Å². The summed E-state index contributed by atoms with van der Waals surface area (Å²) in [6.45, 7) is 0.923. The number of anilines is 1. The third-order valence-electron chi connectivity index (χ3n) is 9.92. The van der Waals surface area contributed by atoms with Crippen molar-refractivity contribution in [2.75, 3.05) is 45.2 Å². The van der Waals surface area contributed by atoms with Crippen molar-refractivity contribution in [2.45, 2.75) is 37.3 Å². The fraction of sp³-hybridized carbons (Fsp3) is 0.400. The molecule has 48 heavy (non-hydrogen) atoms. The van der Waals surface area contributed by atoms with Gasteiger partial charge in [-0.05, 0) is 56.1 Å². The van der Waals surface area contributed by atoms with Gasteiger partial charge in [0.2, 0.25) is 0 Å². The molecule has 8 rings (SSSR count). The number of ether oxygens (including phenoxy) is 1. The van der Waals surface area contributed by atoms with Crippen LogP contribution in [-0.4, -0.2) is 88.1 Å². The molecule has 3 atom stereocenters. The summed E-state index contributed by atoms with van der Waals surface area (Å²) in [4.78, 5) is 13.1. The molecular weight excluding hydrogens is 626 g/mol. The Kier molecular flexibility index (Phi) is 6.81. The van der Waals surface area contributed by atoms with E-state index in [-0.39, 0.29) is 76.5 Å². The standard InChI is InChI=1S/C35H33F4N7O2/c1-5-22-25(36)9-6-18-10-21(47)11-23(26(18)22)27-29(37)31-28(24-14-45(4)43-30(24)27)32(46-12-19-7-8-20(13-46)40-19)42-33(41-31)48-17-34(16-44(2)3)15-35(34,38)39/h1,6,9-11,14,19-20,40,47H,7-8,12-13,15-17H2,2-4H3/t19-,20+,34-/m1/s1. The van der Waals surface area contributed by atoms with E-state index in [1.165, 1.54) is 28.9 Å². The lowest BCUT2D eigenvalue weighted by molar-refractivity contribution is 0.0288. The van der Waals surface area contributed by atoms with Crippen LogP contribution in [0.1, 0.15) is 24.8 Å². The van der Waals surface area contributed by atoms with Gasteiger partial charge >= 0.3 is 6.01 Å². The number of nitrogens with one attached hydrogen (secondary N) is 1. The van der Waals surface area contributed by atoms with Gasteiger partial charge in [-0.25, -0.2) is 17.6 Å². The predicted octanol–water partition coefficient (Wildman–Crippen LogP) is 5.21. The molecule has 0 unspecified atom stereocenters. The van der Waals surface area contributed by atoms with Gasteiger partial charge in [-0.2, -0.15) is 15.1 Å². The van der Waals surface area contributed by atoms with Crippen LogP contribution < -0.4 is 15.0 Å². The molecule has 2 aromatic heterocycles. The molecule has 0 amide bonds. The minimum atomic E-state index is -2.92. The van der Waals surface area contributed by atoms with Gasteiger partial charge < -0.3 is 25.0 Å². The molecule has 3 aliphatic rings. The summed E-state index contributed by atoms with van der Waals surface area (Å²) in [5, 5.41) is 20.5. The third kappa shape index (κ3) is 4.72. The maximum Gasteiger partial charge on any atom is 0.319 e. The minimum Gasteiger partial charge on any atom is -0.508 e. The van der Waals surface area contributed by atoms with Crippen LogP contribution in [0.5, 0.6) is 11.8 Å². The Hall–Kier alpha value is -4.67. The number of piperazine rings is 1. The second-order valence-corrected chi connectivity index (χ2v) is 13.7. The molecular formula is C35H33F4N7O2. The summed E-state index contributed by atoms with van der Waals surface area (Å²) in [7, 11) is 5.14. The molecule has 2 aliphatic heterocycles. The molecule has 2 saturated heterocycles. The number of hydrogen-bond acceptors (Lipinski definition) is 8. The van der Waals surface area contributed by atoms with E-state index in [4.69, 9.17) is 16.1 Å². The number of rotatable bonds is 7. The van der Waals surface area contributed by atoms with E-state index in [0.29, 0.717) is 35.1 Å². The van der Waals surface area contributed by atoms with Gasteiger partial charge in [0.05, 0.1) is 16.4 Å². The van der Waals surface area contributed by atoms with Gasteiger partial charge in [0, 0.05) is 67.7 Å². The highest BCUT2D eigenvalue weighted by Gasteiger charge is 2.71.